The second kappa shape index (κ2) is 5.17. The van der Waals surface area contributed by atoms with Gasteiger partial charge in [-0.15, -0.1) is 11.6 Å². The van der Waals surface area contributed by atoms with Crippen molar-refractivity contribution in [3.63, 3.8) is 0 Å². The number of alkyl halides is 1. The lowest BCUT2D eigenvalue weighted by Crippen LogP contribution is -2.44. The van der Waals surface area contributed by atoms with Crippen LogP contribution >= 0.6 is 11.6 Å². The van der Waals surface area contributed by atoms with Crippen molar-refractivity contribution in [2.45, 2.75) is 39.2 Å². The van der Waals surface area contributed by atoms with Crippen molar-refractivity contribution >= 4 is 21.6 Å². The van der Waals surface area contributed by atoms with Crippen LogP contribution in [0.1, 0.15) is 33.6 Å². The molecule has 0 aromatic rings. The summed E-state index contributed by atoms with van der Waals surface area (Å²) in [6.07, 6.45) is 1.27. The monoisotopic (exact) mass is 227 g/mol. The molecule has 5 heteroatoms. The van der Waals surface area contributed by atoms with Gasteiger partial charge in [0.2, 0.25) is 10.0 Å². The molecule has 3 nitrogen and oxygen atoms in total. The summed E-state index contributed by atoms with van der Waals surface area (Å²) < 4.78 is 25.4. The van der Waals surface area contributed by atoms with Gasteiger partial charge < -0.3 is 0 Å². The van der Waals surface area contributed by atoms with E-state index in [-0.39, 0.29) is 5.75 Å². The largest absolute Gasteiger partial charge is 0.212 e. The molecule has 0 heterocycles. The summed E-state index contributed by atoms with van der Waals surface area (Å²) in [6, 6.07) is 0. The molecule has 0 radical (unpaired) electrons. The van der Waals surface area contributed by atoms with Gasteiger partial charge in [0.1, 0.15) is 0 Å². The van der Waals surface area contributed by atoms with E-state index in [1.54, 1.807) is 0 Å². The molecule has 0 aliphatic rings. The summed E-state index contributed by atoms with van der Waals surface area (Å²) in [6.45, 7) is 5.51. The minimum atomic E-state index is -3.12. The molecule has 0 unspecified atom stereocenters. The van der Waals surface area contributed by atoms with E-state index in [4.69, 9.17) is 11.6 Å². The maximum atomic E-state index is 11.4. The molecule has 0 rings (SSSR count). The highest BCUT2D eigenvalue weighted by molar-refractivity contribution is 7.89. The Balaban J connectivity index is 4.25. The highest BCUT2D eigenvalue weighted by atomic mass is 35.5. The van der Waals surface area contributed by atoms with E-state index in [2.05, 4.69) is 4.72 Å². The number of hydrogen-bond acceptors (Lipinski definition) is 2. The van der Waals surface area contributed by atoms with Crippen molar-refractivity contribution in [3.8, 4) is 0 Å². The van der Waals surface area contributed by atoms with Crippen LogP contribution < -0.4 is 4.72 Å². The van der Waals surface area contributed by atoms with E-state index >= 15 is 0 Å². The van der Waals surface area contributed by atoms with Gasteiger partial charge >= 0.3 is 0 Å². The smallest absolute Gasteiger partial charge is 0.212 e. The van der Waals surface area contributed by atoms with Crippen molar-refractivity contribution in [2.75, 3.05) is 11.6 Å². The Morgan fingerprint density at radius 3 is 2.31 bits per heavy atom. The summed E-state index contributed by atoms with van der Waals surface area (Å²) in [5, 5.41) is 0. The molecule has 0 aliphatic heterocycles. The van der Waals surface area contributed by atoms with E-state index in [0.29, 0.717) is 18.7 Å². The van der Waals surface area contributed by atoms with Crippen molar-refractivity contribution < 1.29 is 8.42 Å². The maximum absolute atomic E-state index is 11.4. The molecule has 0 bridgehead atoms. The fourth-order valence-electron chi connectivity index (χ4n) is 1.03. The summed E-state index contributed by atoms with van der Waals surface area (Å²) >= 11 is 5.56. The first-order valence-corrected chi connectivity index (χ1v) is 6.59. The van der Waals surface area contributed by atoms with Gasteiger partial charge in [0.25, 0.3) is 0 Å². The van der Waals surface area contributed by atoms with Crippen LogP contribution in [0.5, 0.6) is 0 Å². The minimum absolute atomic E-state index is 0.179. The van der Waals surface area contributed by atoms with Gasteiger partial charge in [0.05, 0.1) is 5.75 Å². The van der Waals surface area contributed by atoms with E-state index in [0.717, 1.165) is 0 Å². The quantitative estimate of drug-likeness (QED) is 0.703. The van der Waals surface area contributed by atoms with Crippen molar-refractivity contribution in [2.24, 2.45) is 0 Å². The molecule has 0 aromatic carbocycles. The molecule has 0 atom stereocenters. The average molecular weight is 228 g/mol. The third-order valence-corrected chi connectivity index (χ3v) is 3.62. The molecule has 0 spiro atoms. The predicted octanol–water partition coefficient (Wildman–Crippen LogP) is 1.72. The Kier molecular flexibility index (Phi) is 5.25. The summed E-state index contributed by atoms with van der Waals surface area (Å²) in [4.78, 5) is 0. The zero-order valence-electron chi connectivity index (χ0n) is 8.43. The van der Waals surface area contributed by atoms with Gasteiger partial charge in [-0.3, -0.25) is 0 Å². The predicted molar refractivity (Wildman–Crippen MR) is 56.6 cm³/mol. The third-order valence-electron chi connectivity index (χ3n) is 1.62. The normalized spacial score (nSPS) is 13.2. The van der Waals surface area contributed by atoms with Gasteiger partial charge in [-0.25, -0.2) is 13.1 Å². The fourth-order valence-corrected chi connectivity index (χ4v) is 3.08. The van der Waals surface area contributed by atoms with Gasteiger partial charge in [-0.05, 0) is 26.7 Å². The molecule has 0 aliphatic carbocycles. The number of nitrogens with one attached hydrogen (secondary N) is 1. The SMILES string of the molecule is CCCS(=O)(=O)NC(C)(C)CCCl. The standard InChI is InChI=1S/C8H18ClNO2S/c1-4-7-13(11,12)10-8(2,3)5-6-9/h10H,4-7H2,1-3H3. The maximum Gasteiger partial charge on any atom is 0.212 e. The molecule has 0 saturated carbocycles. The summed E-state index contributed by atoms with van der Waals surface area (Å²) in [5.74, 6) is 0.639. The lowest BCUT2D eigenvalue weighted by molar-refractivity contribution is 0.441. The first kappa shape index (κ1) is 13.2. The molecule has 0 fully saturated rings. The number of hydrogen-bond donors (Lipinski definition) is 1. The highest BCUT2D eigenvalue weighted by Gasteiger charge is 2.23. The number of sulfonamides is 1. The zero-order chi connectivity index (χ0) is 10.5. The highest BCUT2D eigenvalue weighted by Crippen LogP contribution is 2.11. The Bertz CT molecular complexity index is 237. The molecule has 80 valence electrons. The molecule has 13 heavy (non-hydrogen) atoms. The molecule has 0 amide bonds. The van der Waals surface area contributed by atoms with Crippen LogP contribution in [0.15, 0.2) is 0 Å². The lowest BCUT2D eigenvalue weighted by atomic mass is 10.0. The second-order valence-corrected chi connectivity index (χ2v) is 5.96. The van der Waals surface area contributed by atoms with Crippen LogP contribution in [0, 0.1) is 0 Å². The van der Waals surface area contributed by atoms with E-state index in [1.165, 1.54) is 0 Å². The fraction of sp³-hybridized carbons (Fsp3) is 1.00. The molecular weight excluding hydrogens is 210 g/mol. The summed E-state index contributed by atoms with van der Waals surface area (Å²) in [5.41, 5.74) is -0.435. The van der Waals surface area contributed by atoms with Crippen molar-refractivity contribution in [3.05, 3.63) is 0 Å². The van der Waals surface area contributed by atoms with Gasteiger partial charge in [-0.2, -0.15) is 0 Å². The van der Waals surface area contributed by atoms with Crippen LogP contribution in [0.25, 0.3) is 0 Å². The lowest BCUT2D eigenvalue weighted by Gasteiger charge is -2.24. The summed E-state index contributed by atoms with van der Waals surface area (Å²) in [7, 11) is -3.12. The average Bonchev–Trinajstić information content (AvgIpc) is 1.82. The molecular formula is C8H18ClNO2S. The van der Waals surface area contributed by atoms with Crippen LogP contribution in [-0.4, -0.2) is 25.6 Å². The number of halogens is 1. The van der Waals surface area contributed by atoms with Gasteiger partial charge in [0, 0.05) is 11.4 Å². The molecule has 0 aromatic heterocycles. The Morgan fingerprint density at radius 2 is 1.92 bits per heavy atom. The first-order chi connectivity index (χ1) is 5.83. The van der Waals surface area contributed by atoms with E-state index in [9.17, 15) is 8.42 Å². The van der Waals surface area contributed by atoms with Crippen LogP contribution in [-0.2, 0) is 10.0 Å². The second-order valence-electron chi connectivity index (χ2n) is 3.74. The first-order valence-electron chi connectivity index (χ1n) is 4.40. The topological polar surface area (TPSA) is 46.2 Å². The Morgan fingerprint density at radius 1 is 1.38 bits per heavy atom. The zero-order valence-corrected chi connectivity index (χ0v) is 10.0. The van der Waals surface area contributed by atoms with Gasteiger partial charge in [0.15, 0.2) is 0 Å². The molecule has 0 saturated heterocycles. The van der Waals surface area contributed by atoms with Crippen LogP contribution in [0.2, 0.25) is 0 Å². The number of rotatable bonds is 6. The third kappa shape index (κ3) is 6.29. The van der Waals surface area contributed by atoms with Crippen molar-refractivity contribution in [1.82, 2.24) is 4.72 Å². The van der Waals surface area contributed by atoms with Crippen LogP contribution in [0.3, 0.4) is 0 Å². The van der Waals surface area contributed by atoms with Crippen molar-refractivity contribution in [1.29, 1.82) is 0 Å². The van der Waals surface area contributed by atoms with Crippen LogP contribution in [0.4, 0.5) is 0 Å². The Labute approximate surface area is 85.9 Å². The van der Waals surface area contributed by atoms with Gasteiger partial charge in [-0.1, -0.05) is 6.92 Å². The molecule has 1 N–H and O–H groups in total. The van der Waals surface area contributed by atoms with E-state index in [1.807, 2.05) is 20.8 Å². The van der Waals surface area contributed by atoms with E-state index < -0.39 is 15.6 Å². The minimum Gasteiger partial charge on any atom is -0.212 e. The Hall–Kier alpha value is 0.200.